The molecule has 0 saturated carbocycles. The lowest BCUT2D eigenvalue weighted by atomic mass is 10.1. The molecule has 0 bridgehead atoms. The molecule has 0 aliphatic heterocycles. The van der Waals surface area contributed by atoms with E-state index in [4.69, 9.17) is 4.42 Å². The summed E-state index contributed by atoms with van der Waals surface area (Å²) in [6, 6.07) is 17.1. The zero-order chi connectivity index (χ0) is 17.1. The summed E-state index contributed by atoms with van der Waals surface area (Å²) in [5.74, 6) is 0.658. The summed E-state index contributed by atoms with van der Waals surface area (Å²) in [5.41, 5.74) is 1.69. The average molecular weight is 348 g/mol. The number of benzene rings is 1. The van der Waals surface area contributed by atoms with Crippen LogP contribution in [0.5, 0.6) is 0 Å². The Hall–Kier alpha value is -2.92. The van der Waals surface area contributed by atoms with Crippen LogP contribution >= 0.6 is 11.3 Å². The van der Waals surface area contributed by atoms with E-state index in [2.05, 4.69) is 10.3 Å². The number of aromatic nitrogens is 1. The SMILES string of the molecule is O=C(Cc1cccs1)NC(c1cccnc1)c1cc2ccccc2o1. The first-order valence-corrected chi connectivity index (χ1v) is 8.88. The molecular formula is C20H16N2O2S. The molecule has 4 rings (SSSR count). The lowest BCUT2D eigenvalue weighted by Crippen LogP contribution is -2.30. The van der Waals surface area contributed by atoms with Gasteiger partial charge in [0, 0.05) is 28.2 Å². The van der Waals surface area contributed by atoms with Gasteiger partial charge >= 0.3 is 0 Å². The molecule has 5 heteroatoms. The van der Waals surface area contributed by atoms with Crippen LogP contribution in [0.2, 0.25) is 0 Å². The quantitative estimate of drug-likeness (QED) is 0.584. The van der Waals surface area contributed by atoms with Crippen LogP contribution in [0.3, 0.4) is 0 Å². The molecule has 0 spiro atoms. The summed E-state index contributed by atoms with van der Waals surface area (Å²) in [6.45, 7) is 0. The number of carbonyl (C=O) groups is 1. The Labute approximate surface area is 149 Å². The van der Waals surface area contributed by atoms with E-state index in [0.717, 1.165) is 21.4 Å². The number of fused-ring (bicyclic) bond motifs is 1. The number of carbonyl (C=O) groups excluding carboxylic acids is 1. The van der Waals surface area contributed by atoms with Crippen molar-refractivity contribution in [3.05, 3.63) is 88.6 Å². The highest BCUT2D eigenvalue weighted by Gasteiger charge is 2.21. The van der Waals surface area contributed by atoms with Crippen molar-refractivity contribution in [2.45, 2.75) is 12.5 Å². The van der Waals surface area contributed by atoms with Gasteiger partial charge in [0.15, 0.2) is 0 Å². The van der Waals surface area contributed by atoms with Crippen LogP contribution in [-0.4, -0.2) is 10.9 Å². The van der Waals surface area contributed by atoms with Gasteiger partial charge < -0.3 is 9.73 Å². The first kappa shape index (κ1) is 15.6. The van der Waals surface area contributed by atoms with Crippen molar-refractivity contribution >= 4 is 28.2 Å². The van der Waals surface area contributed by atoms with Crippen LogP contribution < -0.4 is 5.32 Å². The molecule has 1 unspecified atom stereocenters. The minimum atomic E-state index is -0.367. The Bertz CT molecular complexity index is 944. The van der Waals surface area contributed by atoms with E-state index in [-0.39, 0.29) is 11.9 Å². The van der Waals surface area contributed by atoms with Gasteiger partial charge in [-0.15, -0.1) is 11.3 Å². The van der Waals surface area contributed by atoms with Crippen molar-refractivity contribution < 1.29 is 9.21 Å². The van der Waals surface area contributed by atoms with Gasteiger partial charge in [0.1, 0.15) is 17.4 Å². The Morgan fingerprint density at radius 3 is 2.84 bits per heavy atom. The molecule has 25 heavy (non-hydrogen) atoms. The standard InChI is InChI=1S/C20H16N2O2S/c23-19(12-16-7-4-10-25-16)22-20(15-6-3-9-21-13-15)18-11-14-5-1-2-8-17(14)24-18/h1-11,13,20H,12H2,(H,22,23). The maximum atomic E-state index is 12.5. The maximum absolute atomic E-state index is 12.5. The molecule has 1 N–H and O–H groups in total. The lowest BCUT2D eigenvalue weighted by Gasteiger charge is -2.16. The number of thiophene rings is 1. The van der Waals surface area contributed by atoms with Crippen LogP contribution in [0.1, 0.15) is 22.2 Å². The van der Waals surface area contributed by atoms with E-state index in [1.54, 1.807) is 23.7 Å². The van der Waals surface area contributed by atoms with Gasteiger partial charge in [0.2, 0.25) is 5.91 Å². The van der Waals surface area contributed by atoms with Crippen molar-refractivity contribution in [2.24, 2.45) is 0 Å². The molecule has 0 aliphatic rings. The molecule has 0 aliphatic carbocycles. The van der Waals surface area contributed by atoms with Crippen LogP contribution in [0.4, 0.5) is 0 Å². The summed E-state index contributed by atoms with van der Waals surface area (Å²) in [6.07, 6.45) is 3.82. The molecule has 1 aromatic carbocycles. The summed E-state index contributed by atoms with van der Waals surface area (Å²) < 4.78 is 5.98. The third kappa shape index (κ3) is 3.46. The first-order valence-electron chi connectivity index (χ1n) is 8.00. The summed E-state index contributed by atoms with van der Waals surface area (Å²) in [7, 11) is 0. The van der Waals surface area contributed by atoms with E-state index in [0.29, 0.717) is 12.2 Å². The number of furan rings is 1. The fourth-order valence-corrected chi connectivity index (χ4v) is 3.50. The zero-order valence-electron chi connectivity index (χ0n) is 13.4. The highest BCUT2D eigenvalue weighted by atomic mass is 32.1. The van der Waals surface area contributed by atoms with Gasteiger partial charge in [0.25, 0.3) is 0 Å². The predicted molar refractivity (Wildman–Crippen MR) is 98.5 cm³/mol. The summed E-state index contributed by atoms with van der Waals surface area (Å²) in [5, 5.41) is 6.07. The number of hydrogen-bond donors (Lipinski definition) is 1. The molecule has 0 saturated heterocycles. The Balaban J connectivity index is 1.65. The maximum Gasteiger partial charge on any atom is 0.226 e. The fourth-order valence-electron chi connectivity index (χ4n) is 2.79. The number of nitrogens with zero attached hydrogens (tertiary/aromatic N) is 1. The smallest absolute Gasteiger partial charge is 0.226 e. The van der Waals surface area contributed by atoms with Crippen molar-refractivity contribution in [1.82, 2.24) is 10.3 Å². The first-order chi connectivity index (χ1) is 12.3. The molecule has 1 atom stereocenters. The van der Waals surface area contributed by atoms with Crippen LogP contribution in [-0.2, 0) is 11.2 Å². The Morgan fingerprint density at radius 2 is 2.08 bits per heavy atom. The number of pyridine rings is 1. The highest BCUT2D eigenvalue weighted by Crippen LogP contribution is 2.28. The number of amides is 1. The monoisotopic (exact) mass is 348 g/mol. The molecule has 4 nitrogen and oxygen atoms in total. The third-order valence-electron chi connectivity index (χ3n) is 3.97. The molecule has 1 amide bonds. The van der Waals surface area contributed by atoms with E-state index in [9.17, 15) is 4.79 Å². The van der Waals surface area contributed by atoms with Crippen molar-refractivity contribution in [3.8, 4) is 0 Å². The summed E-state index contributed by atoms with van der Waals surface area (Å²) in [4.78, 5) is 17.7. The minimum Gasteiger partial charge on any atom is -0.459 e. The van der Waals surface area contributed by atoms with Crippen LogP contribution in [0.15, 0.2) is 76.8 Å². The molecule has 124 valence electrons. The molecule has 0 radical (unpaired) electrons. The predicted octanol–water partition coefficient (Wildman–Crippen LogP) is 4.34. The Morgan fingerprint density at radius 1 is 1.16 bits per heavy atom. The average Bonchev–Trinajstić information content (AvgIpc) is 3.29. The second kappa shape index (κ2) is 6.91. The molecule has 4 aromatic rings. The van der Waals surface area contributed by atoms with Crippen LogP contribution in [0, 0.1) is 0 Å². The molecule has 3 heterocycles. The van der Waals surface area contributed by atoms with E-state index in [1.165, 1.54) is 0 Å². The van der Waals surface area contributed by atoms with Gasteiger partial charge in [-0.1, -0.05) is 30.3 Å². The second-order valence-corrected chi connectivity index (χ2v) is 6.76. The lowest BCUT2D eigenvalue weighted by molar-refractivity contribution is -0.121. The molecule has 0 fully saturated rings. The van der Waals surface area contributed by atoms with Crippen molar-refractivity contribution in [2.75, 3.05) is 0 Å². The highest BCUT2D eigenvalue weighted by molar-refractivity contribution is 7.10. The van der Waals surface area contributed by atoms with E-state index >= 15 is 0 Å². The van der Waals surface area contributed by atoms with Gasteiger partial charge in [0.05, 0.1) is 6.42 Å². The van der Waals surface area contributed by atoms with Crippen LogP contribution in [0.25, 0.3) is 11.0 Å². The summed E-state index contributed by atoms with van der Waals surface area (Å²) >= 11 is 1.58. The largest absolute Gasteiger partial charge is 0.459 e. The number of nitrogens with one attached hydrogen (secondary N) is 1. The Kier molecular flexibility index (Phi) is 4.31. The number of para-hydroxylation sites is 1. The number of hydrogen-bond acceptors (Lipinski definition) is 4. The topological polar surface area (TPSA) is 55.1 Å². The second-order valence-electron chi connectivity index (χ2n) is 5.73. The number of rotatable bonds is 5. The fraction of sp³-hybridized carbons (Fsp3) is 0.100. The van der Waals surface area contributed by atoms with Crippen molar-refractivity contribution in [3.63, 3.8) is 0 Å². The van der Waals surface area contributed by atoms with Gasteiger partial charge in [-0.05, 0) is 29.6 Å². The van der Waals surface area contributed by atoms with Gasteiger partial charge in [-0.3, -0.25) is 9.78 Å². The third-order valence-corrected chi connectivity index (χ3v) is 4.84. The van der Waals surface area contributed by atoms with E-state index < -0.39 is 0 Å². The molecule has 3 aromatic heterocycles. The van der Waals surface area contributed by atoms with Gasteiger partial charge in [-0.25, -0.2) is 0 Å². The van der Waals surface area contributed by atoms with Crippen molar-refractivity contribution in [1.29, 1.82) is 0 Å². The zero-order valence-corrected chi connectivity index (χ0v) is 14.2. The molecular weight excluding hydrogens is 332 g/mol. The van der Waals surface area contributed by atoms with E-state index in [1.807, 2.05) is 60.0 Å². The minimum absolute atomic E-state index is 0.0447. The normalized spacial score (nSPS) is 12.2. The van der Waals surface area contributed by atoms with Gasteiger partial charge in [-0.2, -0.15) is 0 Å².